The summed E-state index contributed by atoms with van der Waals surface area (Å²) in [6, 6.07) is 5.08. The number of nitrogens with zero attached hydrogens (tertiary/aromatic N) is 2. The molecule has 0 atom stereocenters. The highest BCUT2D eigenvalue weighted by atomic mass is 79.9. The Hall–Kier alpha value is -2.12. The summed E-state index contributed by atoms with van der Waals surface area (Å²) in [7, 11) is 1.23. The monoisotopic (exact) mass is 397 g/mol. The largest absolute Gasteiger partial charge is 0.465 e. The highest BCUT2D eigenvalue weighted by Gasteiger charge is 2.21. The average molecular weight is 399 g/mol. The molecule has 5 nitrogen and oxygen atoms in total. The van der Waals surface area contributed by atoms with Crippen LogP contribution in [0.15, 0.2) is 41.3 Å². The first-order chi connectivity index (χ1) is 11.0. The van der Waals surface area contributed by atoms with Crippen molar-refractivity contribution in [2.45, 2.75) is 0 Å². The number of carbonyl (C=O) groups is 1. The Labute approximate surface area is 144 Å². The lowest BCUT2D eigenvalue weighted by Gasteiger charge is -2.14. The summed E-state index contributed by atoms with van der Waals surface area (Å²) >= 11 is 9.44. The van der Waals surface area contributed by atoms with Crippen LogP contribution in [0.4, 0.5) is 15.8 Å². The molecule has 0 aliphatic rings. The number of aromatic nitrogens is 2. The number of imidazole rings is 1. The van der Waals surface area contributed by atoms with Gasteiger partial charge in [0.05, 0.1) is 23.5 Å². The minimum absolute atomic E-state index is 0.0366. The van der Waals surface area contributed by atoms with Gasteiger partial charge < -0.3 is 14.5 Å². The van der Waals surface area contributed by atoms with Gasteiger partial charge in [-0.05, 0) is 18.2 Å². The molecule has 2 heterocycles. The molecule has 23 heavy (non-hydrogen) atoms. The second-order valence-electron chi connectivity index (χ2n) is 4.63. The van der Waals surface area contributed by atoms with Gasteiger partial charge in [0.1, 0.15) is 5.56 Å². The molecule has 8 heteroatoms. The molecule has 0 aliphatic heterocycles. The number of fused-ring (bicyclic) bond motifs is 1. The third-order valence-corrected chi connectivity index (χ3v) is 4.02. The minimum atomic E-state index is -0.671. The number of nitrogens with one attached hydrogen (secondary N) is 1. The number of anilines is 2. The normalized spacial score (nSPS) is 10.8. The van der Waals surface area contributed by atoms with Crippen molar-refractivity contribution in [2.24, 2.45) is 0 Å². The van der Waals surface area contributed by atoms with Crippen LogP contribution in [0.2, 0.25) is 5.02 Å². The van der Waals surface area contributed by atoms with Crippen molar-refractivity contribution >= 4 is 50.5 Å². The summed E-state index contributed by atoms with van der Waals surface area (Å²) in [5.74, 6) is -1.34. The van der Waals surface area contributed by atoms with Gasteiger partial charge in [0, 0.05) is 23.1 Å². The first-order valence-electron chi connectivity index (χ1n) is 6.47. The van der Waals surface area contributed by atoms with E-state index in [0.29, 0.717) is 10.7 Å². The predicted octanol–water partition coefficient (Wildman–Crippen LogP) is 4.42. The second kappa shape index (κ2) is 6.17. The van der Waals surface area contributed by atoms with E-state index in [0.717, 1.165) is 4.47 Å². The average Bonchev–Trinajstić information content (AvgIpc) is 3.00. The summed E-state index contributed by atoms with van der Waals surface area (Å²) < 4.78 is 21.7. The van der Waals surface area contributed by atoms with Gasteiger partial charge in [0.25, 0.3) is 0 Å². The van der Waals surface area contributed by atoms with E-state index in [-0.39, 0.29) is 16.9 Å². The molecular formula is C15H10BrClFN3O2. The van der Waals surface area contributed by atoms with E-state index in [1.54, 1.807) is 24.4 Å². The van der Waals surface area contributed by atoms with Gasteiger partial charge in [-0.1, -0.05) is 27.5 Å². The maximum atomic E-state index is 14.8. The maximum Gasteiger partial charge on any atom is 0.341 e. The lowest BCUT2D eigenvalue weighted by molar-refractivity contribution is 0.0601. The van der Waals surface area contributed by atoms with Gasteiger partial charge in [-0.25, -0.2) is 14.2 Å². The number of methoxy groups -OCH3 is 1. The van der Waals surface area contributed by atoms with Crippen LogP contribution in [0.25, 0.3) is 5.65 Å². The van der Waals surface area contributed by atoms with Crippen LogP contribution in [0, 0.1) is 5.82 Å². The Morgan fingerprint density at radius 3 is 2.96 bits per heavy atom. The Bertz CT molecular complexity index is 913. The van der Waals surface area contributed by atoms with E-state index in [9.17, 15) is 9.18 Å². The first-order valence-corrected chi connectivity index (χ1v) is 7.64. The van der Waals surface area contributed by atoms with Gasteiger partial charge in [0.2, 0.25) is 0 Å². The fourth-order valence-corrected chi connectivity index (χ4v) is 2.85. The standard InChI is InChI=1S/C15H10BrClFN3O2/c1-23-15(22)9-7-21-5-4-19-14(21)12(18)13(9)20-11-3-2-8(16)6-10(11)17/h2-7,20H,1H3. The van der Waals surface area contributed by atoms with Crippen molar-refractivity contribution in [1.82, 2.24) is 9.38 Å². The molecule has 2 aromatic heterocycles. The molecule has 3 rings (SSSR count). The Balaban J connectivity index is 2.17. The van der Waals surface area contributed by atoms with E-state index >= 15 is 0 Å². The molecule has 1 aromatic carbocycles. The van der Waals surface area contributed by atoms with Crippen LogP contribution in [0.3, 0.4) is 0 Å². The third kappa shape index (κ3) is 2.89. The summed E-state index contributed by atoms with van der Waals surface area (Å²) in [6.07, 6.45) is 4.43. The number of ether oxygens (including phenoxy) is 1. The van der Waals surface area contributed by atoms with Crippen molar-refractivity contribution in [3.8, 4) is 0 Å². The Morgan fingerprint density at radius 1 is 1.48 bits per heavy atom. The lowest BCUT2D eigenvalue weighted by Crippen LogP contribution is -2.10. The molecule has 0 saturated heterocycles. The predicted molar refractivity (Wildman–Crippen MR) is 88.9 cm³/mol. The Kier molecular flexibility index (Phi) is 4.23. The van der Waals surface area contributed by atoms with Gasteiger partial charge in [0.15, 0.2) is 11.5 Å². The number of halogens is 3. The highest BCUT2D eigenvalue weighted by Crippen LogP contribution is 2.32. The topological polar surface area (TPSA) is 55.6 Å². The lowest BCUT2D eigenvalue weighted by atomic mass is 10.2. The van der Waals surface area contributed by atoms with Crippen molar-refractivity contribution in [1.29, 1.82) is 0 Å². The number of benzene rings is 1. The van der Waals surface area contributed by atoms with Gasteiger partial charge in [-0.15, -0.1) is 0 Å². The van der Waals surface area contributed by atoms with Crippen molar-refractivity contribution in [3.63, 3.8) is 0 Å². The summed E-state index contributed by atoms with van der Waals surface area (Å²) in [4.78, 5) is 15.9. The number of rotatable bonds is 3. The number of esters is 1. The van der Waals surface area contributed by atoms with E-state index in [1.165, 1.54) is 23.9 Å². The molecule has 0 unspecified atom stereocenters. The zero-order valence-electron chi connectivity index (χ0n) is 11.8. The maximum absolute atomic E-state index is 14.8. The number of carbonyl (C=O) groups excluding carboxylic acids is 1. The second-order valence-corrected chi connectivity index (χ2v) is 5.95. The zero-order valence-corrected chi connectivity index (χ0v) is 14.2. The molecule has 1 N–H and O–H groups in total. The van der Waals surface area contributed by atoms with Crippen LogP contribution < -0.4 is 5.32 Å². The van der Waals surface area contributed by atoms with Crippen LogP contribution in [0.1, 0.15) is 10.4 Å². The molecule has 0 saturated carbocycles. The highest BCUT2D eigenvalue weighted by molar-refractivity contribution is 9.10. The van der Waals surface area contributed by atoms with Crippen molar-refractivity contribution < 1.29 is 13.9 Å². The number of hydrogen-bond acceptors (Lipinski definition) is 4. The molecule has 0 aliphatic carbocycles. The summed E-state index contributed by atoms with van der Waals surface area (Å²) in [6.45, 7) is 0. The molecular weight excluding hydrogens is 389 g/mol. The molecule has 0 radical (unpaired) electrons. The van der Waals surface area contributed by atoms with Crippen molar-refractivity contribution in [2.75, 3.05) is 12.4 Å². The van der Waals surface area contributed by atoms with Crippen LogP contribution in [0.5, 0.6) is 0 Å². The van der Waals surface area contributed by atoms with Crippen LogP contribution in [-0.2, 0) is 4.74 Å². The molecule has 3 aromatic rings. The fourth-order valence-electron chi connectivity index (χ4n) is 2.13. The first kappa shape index (κ1) is 15.8. The van der Waals surface area contributed by atoms with E-state index in [2.05, 4.69) is 26.2 Å². The summed E-state index contributed by atoms with van der Waals surface area (Å²) in [5.41, 5.74) is 0.539. The number of hydrogen-bond donors (Lipinski definition) is 1. The Morgan fingerprint density at radius 2 is 2.26 bits per heavy atom. The minimum Gasteiger partial charge on any atom is -0.465 e. The summed E-state index contributed by atoms with van der Waals surface area (Å²) in [5, 5.41) is 3.22. The number of pyridine rings is 1. The van der Waals surface area contributed by atoms with Crippen molar-refractivity contribution in [3.05, 3.63) is 57.7 Å². The molecule has 0 amide bonds. The van der Waals surface area contributed by atoms with Crippen LogP contribution in [-0.4, -0.2) is 22.5 Å². The van der Waals surface area contributed by atoms with Gasteiger partial charge >= 0.3 is 5.97 Å². The zero-order chi connectivity index (χ0) is 16.6. The molecule has 118 valence electrons. The SMILES string of the molecule is COC(=O)c1cn2ccnc2c(F)c1Nc1ccc(Br)cc1Cl. The molecule has 0 fully saturated rings. The smallest absolute Gasteiger partial charge is 0.341 e. The fraction of sp³-hybridized carbons (Fsp3) is 0.0667. The van der Waals surface area contributed by atoms with Gasteiger partial charge in [-0.3, -0.25) is 0 Å². The molecule has 0 spiro atoms. The van der Waals surface area contributed by atoms with Crippen LogP contribution >= 0.6 is 27.5 Å². The third-order valence-electron chi connectivity index (χ3n) is 3.22. The molecule has 0 bridgehead atoms. The van der Waals surface area contributed by atoms with E-state index in [1.807, 2.05) is 0 Å². The van der Waals surface area contributed by atoms with E-state index < -0.39 is 11.8 Å². The van der Waals surface area contributed by atoms with E-state index in [4.69, 9.17) is 16.3 Å². The quantitative estimate of drug-likeness (QED) is 0.664. The van der Waals surface area contributed by atoms with Gasteiger partial charge in [-0.2, -0.15) is 0 Å².